The lowest BCUT2D eigenvalue weighted by atomic mass is 10.3. The monoisotopic (exact) mass is 201 g/mol. The summed E-state index contributed by atoms with van der Waals surface area (Å²) in [5.41, 5.74) is 0. The number of benzene rings is 1. The van der Waals surface area contributed by atoms with Crippen LogP contribution in [0.5, 0.6) is 5.75 Å². The van der Waals surface area contributed by atoms with Crippen LogP contribution < -0.4 is 9.88 Å². The van der Waals surface area contributed by atoms with E-state index in [4.69, 9.17) is 0 Å². The fourth-order valence-corrected chi connectivity index (χ4v) is 0.855. The number of hydrogen-bond donors (Lipinski definition) is 1. The summed E-state index contributed by atoms with van der Waals surface area (Å²) < 4.78 is 25.3. The van der Waals surface area contributed by atoms with Gasteiger partial charge in [0.1, 0.15) is 5.75 Å². The maximum atomic E-state index is 10.7. The number of sulfonamides is 1. The first-order chi connectivity index (χ1) is 6.00. The first-order valence-electron chi connectivity index (χ1n) is 3.30. The largest absolute Gasteiger partial charge is 0.444 e. The average molecular weight is 201 g/mol. The molecule has 0 aliphatic rings. The molecule has 0 spiro atoms. The molecule has 6 heteroatoms. The Bertz CT molecular complexity index is 398. The molecule has 1 rings (SSSR count). The molecule has 0 aliphatic heterocycles. The standard InChI is InChI=1S/C7H7NO4S/c8-13(10,11)7(9)12-6-4-2-1-3-5-6/h1-5H,(H2,8,10,11). The normalized spacial score (nSPS) is 10.8. The first kappa shape index (κ1) is 9.69. The minimum atomic E-state index is -4.26. The number of ether oxygens (including phenoxy) is 1. The summed E-state index contributed by atoms with van der Waals surface area (Å²) in [6, 6.07) is 7.80. The number of primary sulfonamides is 1. The number of hydrogen-bond acceptors (Lipinski definition) is 4. The molecule has 1 aromatic rings. The quantitative estimate of drug-likeness (QED) is 0.669. The molecule has 0 radical (unpaired) electrons. The Kier molecular flexibility index (Phi) is 2.64. The highest BCUT2D eigenvalue weighted by molar-refractivity contribution is 8.03. The van der Waals surface area contributed by atoms with Crippen molar-refractivity contribution in [3.63, 3.8) is 0 Å². The van der Waals surface area contributed by atoms with Gasteiger partial charge in [-0.1, -0.05) is 18.2 Å². The highest BCUT2D eigenvalue weighted by Crippen LogP contribution is 2.09. The minimum absolute atomic E-state index is 0.140. The van der Waals surface area contributed by atoms with Crippen LogP contribution in [0.1, 0.15) is 0 Å². The van der Waals surface area contributed by atoms with E-state index in [1.807, 2.05) is 0 Å². The topological polar surface area (TPSA) is 86.5 Å². The van der Waals surface area contributed by atoms with Gasteiger partial charge in [-0.2, -0.15) is 0 Å². The van der Waals surface area contributed by atoms with Gasteiger partial charge in [-0.3, -0.25) is 0 Å². The van der Waals surface area contributed by atoms with Gasteiger partial charge in [0, 0.05) is 0 Å². The SMILES string of the molecule is NS(=O)(=O)C(=O)Oc1ccccc1. The van der Waals surface area contributed by atoms with Crippen LogP contribution in [0.25, 0.3) is 0 Å². The Balaban J connectivity index is 2.78. The second kappa shape index (κ2) is 3.55. The Labute approximate surface area is 75.2 Å². The summed E-state index contributed by atoms with van der Waals surface area (Å²) in [7, 11) is -4.26. The van der Waals surface area contributed by atoms with E-state index in [0.29, 0.717) is 0 Å². The van der Waals surface area contributed by atoms with Crippen molar-refractivity contribution in [1.29, 1.82) is 0 Å². The minimum Gasteiger partial charge on any atom is -0.414 e. The van der Waals surface area contributed by atoms with Crippen LogP contribution in [0, 0.1) is 0 Å². The predicted octanol–water partition coefficient (Wildman–Crippen LogP) is 0.474. The molecule has 5 nitrogen and oxygen atoms in total. The van der Waals surface area contributed by atoms with E-state index < -0.39 is 15.3 Å². The molecule has 0 aliphatic carbocycles. The molecular weight excluding hydrogens is 194 g/mol. The molecule has 0 bridgehead atoms. The lowest BCUT2D eigenvalue weighted by molar-refractivity contribution is 0.224. The molecule has 13 heavy (non-hydrogen) atoms. The number of carbonyl (C=O) groups is 1. The highest BCUT2D eigenvalue weighted by Gasteiger charge is 2.18. The van der Waals surface area contributed by atoms with Crippen molar-refractivity contribution in [2.24, 2.45) is 5.14 Å². The van der Waals surface area contributed by atoms with Gasteiger partial charge in [0.15, 0.2) is 0 Å². The summed E-state index contributed by atoms with van der Waals surface area (Å²) in [6.07, 6.45) is 0. The molecule has 2 N–H and O–H groups in total. The predicted molar refractivity (Wildman–Crippen MR) is 45.6 cm³/mol. The molecule has 0 fully saturated rings. The van der Waals surface area contributed by atoms with Crippen molar-refractivity contribution < 1.29 is 17.9 Å². The van der Waals surface area contributed by atoms with Crippen molar-refractivity contribution in [2.45, 2.75) is 0 Å². The summed E-state index contributed by atoms with van der Waals surface area (Å²) in [4.78, 5) is 10.7. The molecular formula is C7H7NO4S. The zero-order chi connectivity index (χ0) is 9.90. The van der Waals surface area contributed by atoms with Crippen molar-refractivity contribution >= 4 is 15.3 Å². The van der Waals surface area contributed by atoms with Gasteiger partial charge in [0.2, 0.25) is 0 Å². The number of carbonyl (C=O) groups excluding carboxylic acids is 1. The van der Waals surface area contributed by atoms with Crippen LogP contribution in [0.3, 0.4) is 0 Å². The van der Waals surface area contributed by atoms with Gasteiger partial charge in [0.25, 0.3) is 0 Å². The summed E-state index contributed by atoms with van der Waals surface area (Å²) in [6.45, 7) is 0. The lowest BCUT2D eigenvalue weighted by Crippen LogP contribution is -2.26. The summed E-state index contributed by atoms with van der Waals surface area (Å²) in [5, 5.41) is 3.06. The molecule has 0 amide bonds. The molecule has 0 saturated heterocycles. The Morgan fingerprint density at radius 3 is 2.23 bits per heavy atom. The van der Waals surface area contributed by atoms with Gasteiger partial charge in [-0.25, -0.2) is 18.4 Å². The number of rotatable bonds is 1. The third kappa shape index (κ3) is 2.85. The fraction of sp³-hybridized carbons (Fsp3) is 0. The van der Waals surface area contributed by atoms with Crippen LogP contribution in [0.15, 0.2) is 30.3 Å². The second-order valence-electron chi connectivity index (χ2n) is 2.21. The van der Waals surface area contributed by atoms with E-state index in [1.54, 1.807) is 18.2 Å². The van der Waals surface area contributed by atoms with Gasteiger partial charge >= 0.3 is 15.3 Å². The average Bonchev–Trinajstić information content (AvgIpc) is 2.04. The molecule has 0 saturated carbocycles. The fourth-order valence-electron chi connectivity index (χ4n) is 0.643. The first-order valence-corrected chi connectivity index (χ1v) is 4.84. The van der Waals surface area contributed by atoms with E-state index in [2.05, 4.69) is 9.88 Å². The molecule has 0 atom stereocenters. The summed E-state index contributed by atoms with van der Waals surface area (Å²) >= 11 is 0. The van der Waals surface area contributed by atoms with Crippen molar-refractivity contribution in [3.8, 4) is 5.75 Å². The van der Waals surface area contributed by atoms with Crippen LogP contribution in [0.4, 0.5) is 4.79 Å². The van der Waals surface area contributed by atoms with Crippen LogP contribution in [-0.4, -0.2) is 13.7 Å². The molecule has 0 unspecified atom stereocenters. The third-order valence-corrected chi connectivity index (χ3v) is 1.72. The Morgan fingerprint density at radius 1 is 1.23 bits per heavy atom. The number of nitrogens with two attached hydrogens (primary N) is 1. The lowest BCUT2D eigenvalue weighted by Gasteiger charge is -2.00. The van der Waals surface area contributed by atoms with Gasteiger partial charge in [-0.05, 0) is 12.1 Å². The zero-order valence-corrected chi connectivity index (χ0v) is 7.32. The highest BCUT2D eigenvalue weighted by atomic mass is 32.2. The van der Waals surface area contributed by atoms with Gasteiger partial charge < -0.3 is 4.74 Å². The molecule has 70 valence electrons. The van der Waals surface area contributed by atoms with E-state index in [1.165, 1.54) is 12.1 Å². The Hall–Kier alpha value is -1.40. The maximum Gasteiger partial charge on any atom is 0.444 e. The van der Waals surface area contributed by atoms with Crippen LogP contribution >= 0.6 is 0 Å². The van der Waals surface area contributed by atoms with Crippen LogP contribution in [-0.2, 0) is 10.0 Å². The van der Waals surface area contributed by atoms with E-state index >= 15 is 0 Å². The van der Waals surface area contributed by atoms with Crippen molar-refractivity contribution in [1.82, 2.24) is 0 Å². The van der Waals surface area contributed by atoms with Gasteiger partial charge in [0.05, 0.1) is 0 Å². The zero-order valence-electron chi connectivity index (χ0n) is 6.51. The summed E-state index contributed by atoms with van der Waals surface area (Å²) in [5.74, 6) is 0.140. The van der Waals surface area contributed by atoms with Gasteiger partial charge in [-0.15, -0.1) is 0 Å². The number of para-hydroxylation sites is 1. The molecule has 1 aromatic carbocycles. The van der Waals surface area contributed by atoms with E-state index in [9.17, 15) is 13.2 Å². The third-order valence-electron chi connectivity index (χ3n) is 1.18. The molecule has 0 aromatic heterocycles. The second-order valence-corrected chi connectivity index (χ2v) is 3.63. The van der Waals surface area contributed by atoms with Crippen LogP contribution in [0.2, 0.25) is 0 Å². The van der Waals surface area contributed by atoms with E-state index in [0.717, 1.165) is 0 Å². The van der Waals surface area contributed by atoms with E-state index in [-0.39, 0.29) is 5.75 Å². The Morgan fingerprint density at radius 2 is 1.77 bits per heavy atom. The molecule has 0 heterocycles. The maximum absolute atomic E-state index is 10.7. The van der Waals surface area contributed by atoms with Crippen molar-refractivity contribution in [2.75, 3.05) is 0 Å². The van der Waals surface area contributed by atoms with Crippen molar-refractivity contribution in [3.05, 3.63) is 30.3 Å². The smallest absolute Gasteiger partial charge is 0.414 e.